The van der Waals surface area contributed by atoms with Crippen LogP contribution in [0.3, 0.4) is 0 Å². The summed E-state index contributed by atoms with van der Waals surface area (Å²) in [5.41, 5.74) is 0. The maximum absolute atomic E-state index is 10.7. The van der Waals surface area contributed by atoms with E-state index in [-0.39, 0.29) is 12.3 Å². The van der Waals surface area contributed by atoms with Gasteiger partial charge in [-0.25, -0.2) is 0 Å². The van der Waals surface area contributed by atoms with Crippen molar-refractivity contribution < 1.29 is 9.90 Å². The van der Waals surface area contributed by atoms with Crippen molar-refractivity contribution in [1.82, 2.24) is 10.2 Å². The number of nitrogens with zero attached hydrogens (tertiary/aromatic N) is 3. The van der Waals surface area contributed by atoms with Crippen LogP contribution in [0.4, 0.5) is 5.13 Å². The highest BCUT2D eigenvalue weighted by atomic mass is 32.1. The molecule has 1 fully saturated rings. The summed E-state index contributed by atoms with van der Waals surface area (Å²) < 4.78 is 0. The summed E-state index contributed by atoms with van der Waals surface area (Å²) in [6, 6.07) is 0. The van der Waals surface area contributed by atoms with Crippen molar-refractivity contribution in [3.8, 4) is 0 Å². The van der Waals surface area contributed by atoms with Crippen LogP contribution in [-0.2, 0) is 4.79 Å². The SMILES string of the molecule is Cc1nnc(N2CCCC(CC(=O)O)C2)s1. The van der Waals surface area contributed by atoms with Crippen LogP contribution in [0.1, 0.15) is 24.3 Å². The first-order chi connectivity index (χ1) is 7.65. The minimum Gasteiger partial charge on any atom is -0.481 e. The van der Waals surface area contributed by atoms with E-state index >= 15 is 0 Å². The lowest BCUT2D eigenvalue weighted by Crippen LogP contribution is -2.36. The van der Waals surface area contributed by atoms with Crippen molar-refractivity contribution in [3.05, 3.63) is 5.01 Å². The molecule has 0 radical (unpaired) electrons. The summed E-state index contributed by atoms with van der Waals surface area (Å²) >= 11 is 1.57. The van der Waals surface area contributed by atoms with Gasteiger partial charge in [0, 0.05) is 19.5 Å². The van der Waals surface area contributed by atoms with Crippen molar-refractivity contribution in [2.45, 2.75) is 26.2 Å². The van der Waals surface area contributed by atoms with Crippen LogP contribution >= 0.6 is 11.3 Å². The molecule has 2 heterocycles. The second kappa shape index (κ2) is 4.78. The van der Waals surface area contributed by atoms with E-state index in [4.69, 9.17) is 5.11 Å². The fraction of sp³-hybridized carbons (Fsp3) is 0.700. The topological polar surface area (TPSA) is 66.3 Å². The summed E-state index contributed by atoms with van der Waals surface area (Å²) in [5, 5.41) is 18.7. The average Bonchev–Trinajstić information content (AvgIpc) is 2.64. The van der Waals surface area contributed by atoms with Crippen molar-refractivity contribution in [2.24, 2.45) is 5.92 Å². The lowest BCUT2D eigenvalue weighted by molar-refractivity contribution is -0.138. The Morgan fingerprint density at radius 2 is 2.44 bits per heavy atom. The number of carbonyl (C=O) groups is 1. The van der Waals surface area contributed by atoms with E-state index in [0.29, 0.717) is 0 Å². The van der Waals surface area contributed by atoms with E-state index < -0.39 is 5.97 Å². The quantitative estimate of drug-likeness (QED) is 0.869. The van der Waals surface area contributed by atoms with Crippen LogP contribution < -0.4 is 4.90 Å². The number of rotatable bonds is 3. The Hall–Kier alpha value is -1.17. The molecule has 1 N–H and O–H groups in total. The molecular weight excluding hydrogens is 226 g/mol. The highest BCUT2D eigenvalue weighted by molar-refractivity contribution is 7.15. The number of aliphatic carboxylic acids is 1. The predicted molar refractivity (Wildman–Crippen MR) is 61.8 cm³/mol. The van der Waals surface area contributed by atoms with Crippen LogP contribution in [-0.4, -0.2) is 34.4 Å². The summed E-state index contributed by atoms with van der Waals surface area (Å²) in [4.78, 5) is 12.8. The lowest BCUT2D eigenvalue weighted by Gasteiger charge is -2.31. The van der Waals surface area contributed by atoms with Gasteiger partial charge >= 0.3 is 5.97 Å². The fourth-order valence-electron chi connectivity index (χ4n) is 2.07. The molecule has 1 aromatic rings. The third kappa shape index (κ3) is 2.69. The van der Waals surface area contributed by atoms with Crippen LogP contribution in [0, 0.1) is 12.8 Å². The molecule has 16 heavy (non-hydrogen) atoms. The molecule has 0 aliphatic carbocycles. The zero-order chi connectivity index (χ0) is 11.5. The van der Waals surface area contributed by atoms with Crippen molar-refractivity contribution in [3.63, 3.8) is 0 Å². The monoisotopic (exact) mass is 241 g/mol. The molecule has 1 unspecified atom stereocenters. The van der Waals surface area contributed by atoms with Gasteiger partial charge in [0.25, 0.3) is 0 Å². The third-order valence-electron chi connectivity index (χ3n) is 2.77. The molecule has 0 aromatic carbocycles. The van der Waals surface area contributed by atoms with Gasteiger partial charge in [-0.1, -0.05) is 11.3 Å². The zero-order valence-corrected chi connectivity index (χ0v) is 10.0. The fourth-order valence-corrected chi connectivity index (χ4v) is 2.79. The predicted octanol–water partition coefficient (Wildman–Crippen LogP) is 1.54. The summed E-state index contributed by atoms with van der Waals surface area (Å²) in [6.07, 6.45) is 2.30. The van der Waals surface area contributed by atoms with Gasteiger partial charge in [0.1, 0.15) is 5.01 Å². The van der Waals surface area contributed by atoms with Crippen molar-refractivity contribution in [1.29, 1.82) is 0 Å². The van der Waals surface area contributed by atoms with Crippen molar-refractivity contribution in [2.75, 3.05) is 18.0 Å². The van der Waals surface area contributed by atoms with E-state index in [1.165, 1.54) is 0 Å². The van der Waals surface area contributed by atoms with Crippen molar-refractivity contribution >= 4 is 22.4 Å². The normalized spacial score (nSPS) is 21.1. The van der Waals surface area contributed by atoms with Gasteiger partial charge in [-0.3, -0.25) is 4.79 Å². The van der Waals surface area contributed by atoms with Crippen LogP contribution in [0.15, 0.2) is 0 Å². The van der Waals surface area contributed by atoms with Gasteiger partial charge < -0.3 is 10.0 Å². The third-order valence-corrected chi connectivity index (χ3v) is 3.67. The standard InChI is InChI=1S/C10H15N3O2S/c1-7-11-12-10(16-7)13-4-2-3-8(6-13)5-9(14)15/h8H,2-6H2,1H3,(H,14,15). The largest absolute Gasteiger partial charge is 0.481 e. The molecule has 1 aromatic heterocycles. The molecule has 1 aliphatic heterocycles. The number of aryl methyl sites for hydroxylation is 1. The maximum atomic E-state index is 10.7. The number of carboxylic acid groups (broad SMARTS) is 1. The molecule has 2 rings (SSSR count). The van der Waals surface area contributed by atoms with Gasteiger partial charge in [-0.2, -0.15) is 0 Å². The van der Waals surface area contributed by atoms with Gasteiger partial charge in [-0.15, -0.1) is 10.2 Å². The minimum atomic E-state index is -0.708. The van der Waals surface area contributed by atoms with Gasteiger partial charge in [0.05, 0.1) is 0 Å². The van der Waals surface area contributed by atoms with Gasteiger partial charge in [0.15, 0.2) is 0 Å². The first-order valence-corrected chi connectivity index (χ1v) is 6.23. The molecule has 1 aliphatic rings. The van der Waals surface area contributed by atoms with Crippen LogP contribution in [0.2, 0.25) is 0 Å². The molecule has 0 bridgehead atoms. The van der Waals surface area contributed by atoms with E-state index in [2.05, 4.69) is 15.1 Å². The minimum absolute atomic E-state index is 0.246. The Morgan fingerprint density at radius 1 is 1.62 bits per heavy atom. The Balaban J connectivity index is 1.99. The Morgan fingerprint density at radius 3 is 3.06 bits per heavy atom. The highest BCUT2D eigenvalue weighted by Gasteiger charge is 2.23. The second-order valence-corrected chi connectivity index (χ2v) is 5.32. The molecule has 0 saturated carbocycles. The van der Waals surface area contributed by atoms with E-state index in [1.807, 2.05) is 6.92 Å². The van der Waals surface area contributed by atoms with Gasteiger partial charge in [0.2, 0.25) is 5.13 Å². The van der Waals surface area contributed by atoms with E-state index in [1.54, 1.807) is 11.3 Å². The number of aromatic nitrogens is 2. The number of hydrogen-bond acceptors (Lipinski definition) is 5. The number of hydrogen-bond donors (Lipinski definition) is 1. The first kappa shape index (κ1) is 11.3. The van der Waals surface area contributed by atoms with Crippen LogP contribution in [0.5, 0.6) is 0 Å². The van der Waals surface area contributed by atoms with Crippen LogP contribution in [0.25, 0.3) is 0 Å². The zero-order valence-electron chi connectivity index (χ0n) is 9.22. The molecule has 1 atom stereocenters. The summed E-state index contributed by atoms with van der Waals surface area (Å²) in [5.74, 6) is -0.462. The number of carboxylic acids is 1. The average molecular weight is 241 g/mol. The molecule has 0 spiro atoms. The first-order valence-electron chi connectivity index (χ1n) is 5.42. The Bertz CT molecular complexity index is 380. The number of piperidine rings is 1. The second-order valence-electron chi connectivity index (χ2n) is 4.16. The lowest BCUT2D eigenvalue weighted by atomic mass is 9.95. The van der Waals surface area contributed by atoms with E-state index in [0.717, 1.165) is 36.1 Å². The molecule has 5 nitrogen and oxygen atoms in total. The van der Waals surface area contributed by atoms with Gasteiger partial charge in [-0.05, 0) is 25.7 Å². The molecular formula is C10H15N3O2S. The Labute approximate surface area is 98.1 Å². The smallest absolute Gasteiger partial charge is 0.303 e. The molecule has 0 amide bonds. The summed E-state index contributed by atoms with van der Waals surface area (Å²) in [6.45, 7) is 3.69. The molecule has 1 saturated heterocycles. The summed E-state index contributed by atoms with van der Waals surface area (Å²) in [7, 11) is 0. The Kier molecular flexibility index (Phi) is 3.38. The molecule has 88 valence electrons. The highest BCUT2D eigenvalue weighted by Crippen LogP contribution is 2.26. The van der Waals surface area contributed by atoms with E-state index in [9.17, 15) is 4.79 Å². The maximum Gasteiger partial charge on any atom is 0.303 e. The molecule has 6 heteroatoms. The number of anilines is 1.